The van der Waals surface area contributed by atoms with Gasteiger partial charge in [-0.1, -0.05) is 0 Å². The molecule has 1 atom stereocenters. The third kappa shape index (κ3) is 3.29. The van der Waals surface area contributed by atoms with Gasteiger partial charge in [-0.25, -0.2) is 0 Å². The molecule has 0 aliphatic heterocycles. The first-order valence-corrected chi connectivity index (χ1v) is 5.85. The van der Waals surface area contributed by atoms with Gasteiger partial charge in [-0.2, -0.15) is 0 Å². The highest BCUT2D eigenvalue weighted by Gasteiger charge is 2.03. The number of aromatic nitrogens is 1. The van der Waals surface area contributed by atoms with E-state index in [1.165, 1.54) is 0 Å². The van der Waals surface area contributed by atoms with Crippen molar-refractivity contribution in [2.75, 3.05) is 0 Å². The molecule has 0 aliphatic rings. The van der Waals surface area contributed by atoms with Crippen molar-refractivity contribution in [2.24, 2.45) is 11.5 Å². The van der Waals surface area contributed by atoms with E-state index in [4.69, 9.17) is 16.2 Å². The molecule has 0 bridgehead atoms. The van der Waals surface area contributed by atoms with Crippen LogP contribution in [0.1, 0.15) is 29.0 Å². The SMILES string of the molecule is C[C@H](N)c1ccc(Oc2ccc(C(N)=O)cc2)cn1. The number of carbonyl (C=O) groups excluding carboxylic acids is 1. The number of ether oxygens (including phenoxy) is 1. The number of nitrogens with zero attached hydrogens (tertiary/aromatic N) is 1. The van der Waals surface area contributed by atoms with Gasteiger partial charge in [0.05, 0.1) is 11.9 Å². The smallest absolute Gasteiger partial charge is 0.248 e. The Morgan fingerprint density at radius 2 is 1.79 bits per heavy atom. The zero-order valence-electron chi connectivity index (χ0n) is 10.5. The third-order valence-corrected chi connectivity index (χ3v) is 2.60. The van der Waals surface area contributed by atoms with Crippen LogP contribution in [-0.2, 0) is 0 Å². The molecule has 0 saturated heterocycles. The topological polar surface area (TPSA) is 91.2 Å². The summed E-state index contributed by atoms with van der Waals surface area (Å²) >= 11 is 0. The molecule has 19 heavy (non-hydrogen) atoms. The highest BCUT2D eigenvalue weighted by atomic mass is 16.5. The summed E-state index contributed by atoms with van der Waals surface area (Å²) < 4.78 is 5.59. The number of rotatable bonds is 4. The van der Waals surface area contributed by atoms with Crippen LogP contribution < -0.4 is 16.2 Å². The Labute approximate surface area is 111 Å². The van der Waals surface area contributed by atoms with E-state index >= 15 is 0 Å². The Kier molecular flexibility index (Phi) is 3.77. The molecule has 4 N–H and O–H groups in total. The molecule has 0 radical (unpaired) electrons. The van der Waals surface area contributed by atoms with Crippen molar-refractivity contribution in [3.8, 4) is 11.5 Å². The minimum absolute atomic E-state index is 0.107. The van der Waals surface area contributed by atoms with Gasteiger partial charge < -0.3 is 16.2 Å². The second-order valence-corrected chi connectivity index (χ2v) is 4.20. The highest BCUT2D eigenvalue weighted by molar-refractivity contribution is 5.92. The van der Waals surface area contributed by atoms with Crippen LogP contribution in [0, 0.1) is 0 Å². The number of hydrogen-bond acceptors (Lipinski definition) is 4. The lowest BCUT2D eigenvalue weighted by Crippen LogP contribution is -2.10. The van der Waals surface area contributed by atoms with Gasteiger partial charge in [0.2, 0.25) is 5.91 Å². The first-order chi connectivity index (χ1) is 9.06. The number of amides is 1. The number of nitrogens with two attached hydrogens (primary N) is 2. The van der Waals surface area contributed by atoms with Crippen LogP contribution in [-0.4, -0.2) is 10.9 Å². The molecule has 1 amide bonds. The van der Waals surface area contributed by atoms with Crippen molar-refractivity contribution in [3.05, 3.63) is 53.9 Å². The Morgan fingerprint density at radius 1 is 1.16 bits per heavy atom. The van der Waals surface area contributed by atoms with Gasteiger partial charge in [0, 0.05) is 11.6 Å². The number of pyridine rings is 1. The molecule has 0 unspecified atom stereocenters. The maximum absolute atomic E-state index is 10.9. The summed E-state index contributed by atoms with van der Waals surface area (Å²) in [5, 5.41) is 0. The second kappa shape index (κ2) is 5.49. The summed E-state index contributed by atoms with van der Waals surface area (Å²) in [6.45, 7) is 1.87. The van der Waals surface area contributed by atoms with Crippen LogP contribution in [0.2, 0.25) is 0 Å². The maximum Gasteiger partial charge on any atom is 0.248 e. The Morgan fingerprint density at radius 3 is 2.26 bits per heavy atom. The lowest BCUT2D eigenvalue weighted by molar-refractivity contribution is 0.100. The van der Waals surface area contributed by atoms with Crippen molar-refractivity contribution < 1.29 is 9.53 Å². The summed E-state index contributed by atoms with van der Waals surface area (Å²) in [7, 11) is 0. The van der Waals surface area contributed by atoms with Gasteiger partial charge in [-0.05, 0) is 43.3 Å². The van der Waals surface area contributed by atoms with E-state index in [9.17, 15) is 4.79 Å². The van der Waals surface area contributed by atoms with Gasteiger partial charge in [0.15, 0.2) is 0 Å². The molecule has 2 rings (SSSR count). The van der Waals surface area contributed by atoms with Crippen LogP contribution in [0.4, 0.5) is 0 Å². The second-order valence-electron chi connectivity index (χ2n) is 4.20. The van der Waals surface area contributed by atoms with Crippen molar-refractivity contribution in [1.29, 1.82) is 0 Å². The average molecular weight is 257 g/mol. The molecule has 1 heterocycles. The van der Waals surface area contributed by atoms with Gasteiger partial charge >= 0.3 is 0 Å². The molecule has 2 aromatic rings. The largest absolute Gasteiger partial charge is 0.456 e. The van der Waals surface area contributed by atoms with E-state index in [1.54, 1.807) is 36.5 Å². The summed E-state index contributed by atoms with van der Waals surface area (Å²) in [4.78, 5) is 15.1. The first-order valence-electron chi connectivity index (χ1n) is 5.85. The van der Waals surface area contributed by atoms with Crippen LogP contribution >= 0.6 is 0 Å². The van der Waals surface area contributed by atoms with Crippen molar-refractivity contribution in [3.63, 3.8) is 0 Å². The number of primary amides is 1. The number of hydrogen-bond donors (Lipinski definition) is 2. The minimum atomic E-state index is -0.463. The van der Waals surface area contributed by atoms with Gasteiger partial charge in [-0.3, -0.25) is 9.78 Å². The predicted octanol–water partition coefficient (Wildman–Crippen LogP) is 1.99. The standard InChI is InChI=1S/C14H15N3O2/c1-9(15)13-7-6-12(8-17-13)19-11-4-2-10(3-5-11)14(16)18/h2-9H,15H2,1H3,(H2,16,18)/t9-/m0/s1. The molecule has 98 valence electrons. The zero-order valence-corrected chi connectivity index (χ0v) is 10.5. The summed E-state index contributed by atoms with van der Waals surface area (Å²) in [5.74, 6) is 0.756. The van der Waals surface area contributed by atoms with Gasteiger partial charge in [0.1, 0.15) is 11.5 Å². The fraction of sp³-hybridized carbons (Fsp3) is 0.143. The van der Waals surface area contributed by atoms with E-state index in [2.05, 4.69) is 4.98 Å². The van der Waals surface area contributed by atoms with E-state index in [0.717, 1.165) is 5.69 Å². The van der Waals surface area contributed by atoms with Crippen molar-refractivity contribution in [1.82, 2.24) is 4.98 Å². The lowest BCUT2D eigenvalue weighted by Gasteiger charge is -2.08. The normalized spacial score (nSPS) is 11.9. The van der Waals surface area contributed by atoms with Crippen molar-refractivity contribution in [2.45, 2.75) is 13.0 Å². The molecule has 1 aromatic carbocycles. The lowest BCUT2D eigenvalue weighted by atomic mass is 10.2. The summed E-state index contributed by atoms with van der Waals surface area (Å²) in [5.41, 5.74) is 12.1. The Bertz CT molecular complexity index is 562. The molecule has 0 aliphatic carbocycles. The number of benzene rings is 1. The highest BCUT2D eigenvalue weighted by Crippen LogP contribution is 2.21. The third-order valence-electron chi connectivity index (χ3n) is 2.60. The monoisotopic (exact) mass is 257 g/mol. The van der Waals surface area contributed by atoms with Crippen LogP contribution in [0.15, 0.2) is 42.6 Å². The van der Waals surface area contributed by atoms with E-state index in [-0.39, 0.29) is 6.04 Å². The Balaban J connectivity index is 2.10. The summed E-state index contributed by atoms with van der Waals surface area (Å²) in [6, 6.07) is 10.1. The fourth-order valence-corrected chi connectivity index (χ4v) is 1.54. The molecule has 1 aromatic heterocycles. The van der Waals surface area contributed by atoms with E-state index in [1.807, 2.05) is 13.0 Å². The van der Waals surface area contributed by atoms with Crippen molar-refractivity contribution >= 4 is 5.91 Å². The first kappa shape index (κ1) is 13.0. The molecule has 0 saturated carbocycles. The minimum Gasteiger partial charge on any atom is -0.456 e. The quantitative estimate of drug-likeness (QED) is 0.876. The average Bonchev–Trinajstić information content (AvgIpc) is 2.40. The fourth-order valence-electron chi connectivity index (χ4n) is 1.54. The summed E-state index contributed by atoms with van der Waals surface area (Å²) in [6.07, 6.45) is 1.61. The zero-order chi connectivity index (χ0) is 13.8. The van der Waals surface area contributed by atoms with Gasteiger partial charge in [0.25, 0.3) is 0 Å². The van der Waals surface area contributed by atoms with E-state index in [0.29, 0.717) is 17.1 Å². The van der Waals surface area contributed by atoms with Gasteiger partial charge in [-0.15, -0.1) is 0 Å². The molecular formula is C14H15N3O2. The van der Waals surface area contributed by atoms with Crippen LogP contribution in [0.3, 0.4) is 0 Å². The van der Waals surface area contributed by atoms with Crippen LogP contribution in [0.5, 0.6) is 11.5 Å². The predicted molar refractivity (Wildman–Crippen MR) is 71.9 cm³/mol. The maximum atomic E-state index is 10.9. The molecule has 5 nitrogen and oxygen atoms in total. The molecule has 0 fully saturated rings. The molecular weight excluding hydrogens is 242 g/mol. The van der Waals surface area contributed by atoms with E-state index < -0.39 is 5.91 Å². The molecule has 5 heteroatoms. The number of carbonyl (C=O) groups is 1. The molecule has 0 spiro atoms. The van der Waals surface area contributed by atoms with Crippen LogP contribution in [0.25, 0.3) is 0 Å². The Hall–Kier alpha value is -2.40.